The monoisotopic (exact) mass is 512 g/mol. The van der Waals surface area contributed by atoms with Crippen molar-refractivity contribution in [3.8, 4) is 0 Å². The van der Waals surface area contributed by atoms with E-state index in [0.717, 1.165) is 52.0 Å². The first kappa shape index (κ1) is 35.8. The quantitative estimate of drug-likeness (QED) is 0.0788. The predicted octanol–water partition coefficient (Wildman–Crippen LogP) is 6.85. The normalized spacial score (nSPS) is 13.5. The highest BCUT2D eigenvalue weighted by Gasteiger charge is 2.34. The van der Waals surface area contributed by atoms with Crippen molar-refractivity contribution in [3.05, 3.63) is 0 Å². The molecule has 8 N–H and O–H groups in total. The van der Waals surface area contributed by atoms with Crippen molar-refractivity contribution in [2.24, 2.45) is 22.9 Å². The van der Waals surface area contributed by atoms with E-state index in [1.807, 2.05) is 0 Å². The summed E-state index contributed by atoms with van der Waals surface area (Å²) in [4.78, 5) is 2.84. The van der Waals surface area contributed by atoms with Crippen LogP contribution in [0.4, 0.5) is 0 Å². The molecule has 218 valence electrons. The lowest BCUT2D eigenvalue weighted by Crippen LogP contribution is -2.51. The van der Waals surface area contributed by atoms with Crippen LogP contribution >= 0.6 is 0 Å². The summed E-state index contributed by atoms with van der Waals surface area (Å²) in [5.41, 5.74) is 24.0. The first-order valence-corrected chi connectivity index (χ1v) is 16.3. The lowest BCUT2D eigenvalue weighted by atomic mass is 9.81. The molecule has 0 fully saturated rings. The number of hydrogen-bond donors (Lipinski definition) is 4. The number of hydrogen-bond acceptors (Lipinski definition) is 5. The largest absolute Gasteiger partial charge is 0.330 e. The number of unbranched alkanes of at least 4 members (excludes halogenated alkanes) is 16. The molecule has 0 aromatic heterocycles. The maximum Gasteiger partial charge on any atom is 0.0222 e. The Morgan fingerprint density at radius 3 is 1.28 bits per heavy atom. The van der Waals surface area contributed by atoms with Crippen molar-refractivity contribution in [3.63, 3.8) is 0 Å². The Hall–Kier alpha value is -0.200. The van der Waals surface area contributed by atoms with Crippen molar-refractivity contribution in [1.82, 2.24) is 4.90 Å². The van der Waals surface area contributed by atoms with E-state index < -0.39 is 0 Å². The summed E-state index contributed by atoms with van der Waals surface area (Å²) in [6.45, 7) is 7.86. The van der Waals surface area contributed by atoms with Gasteiger partial charge in [0.25, 0.3) is 0 Å². The second-order valence-electron chi connectivity index (χ2n) is 11.3. The molecule has 0 rings (SSSR count). The Morgan fingerprint density at radius 1 is 0.389 bits per heavy atom. The van der Waals surface area contributed by atoms with Gasteiger partial charge in [-0.2, -0.15) is 0 Å². The molecule has 0 aliphatic heterocycles. The topological polar surface area (TPSA) is 107 Å². The zero-order valence-electron chi connectivity index (χ0n) is 24.8. The Balaban J connectivity index is 4.79. The highest BCUT2D eigenvalue weighted by atomic mass is 15.2. The molecule has 0 aromatic carbocycles. The van der Waals surface area contributed by atoms with E-state index in [9.17, 15) is 0 Å². The molecule has 0 heterocycles. The number of rotatable bonds is 30. The highest BCUT2D eigenvalue weighted by Crippen LogP contribution is 2.33. The van der Waals surface area contributed by atoms with Crippen LogP contribution in [0.2, 0.25) is 0 Å². The van der Waals surface area contributed by atoms with Crippen LogP contribution in [-0.2, 0) is 0 Å². The van der Waals surface area contributed by atoms with Gasteiger partial charge in [0.05, 0.1) is 0 Å². The fraction of sp³-hybridized carbons (Fsp3) is 1.00. The molecule has 0 saturated heterocycles. The van der Waals surface area contributed by atoms with Crippen molar-refractivity contribution in [1.29, 1.82) is 0 Å². The Labute approximate surface area is 227 Å². The molecule has 0 aromatic rings. The molecule has 0 aliphatic carbocycles. The number of nitrogens with zero attached hydrogens (tertiary/aromatic N) is 1. The molecule has 0 aliphatic rings. The van der Waals surface area contributed by atoms with E-state index in [-0.39, 0.29) is 5.54 Å². The van der Waals surface area contributed by atoms with Crippen LogP contribution in [0.15, 0.2) is 0 Å². The van der Waals surface area contributed by atoms with Gasteiger partial charge in [-0.3, -0.25) is 4.90 Å². The van der Waals surface area contributed by atoms with Crippen LogP contribution in [0.5, 0.6) is 0 Å². The highest BCUT2D eigenvalue weighted by molar-refractivity contribution is 4.91. The molecule has 5 heteroatoms. The van der Waals surface area contributed by atoms with Gasteiger partial charge in [-0.15, -0.1) is 0 Å². The van der Waals surface area contributed by atoms with Gasteiger partial charge in [-0.05, 0) is 90.6 Å². The third-order valence-corrected chi connectivity index (χ3v) is 8.14. The molecule has 0 amide bonds. The Kier molecular flexibility index (Phi) is 27.7. The summed E-state index contributed by atoms with van der Waals surface area (Å²) >= 11 is 0. The SMILES string of the molecule is CCCCCCCCCCCC(CCN)(CCCN)N(CCCCN)CCCCCCCCCCN. The Morgan fingerprint density at radius 2 is 0.778 bits per heavy atom. The minimum absolute atomic E-state index is 0.228. The van der Waals surface area contributed by atoms with Crippen LogP contribution in [0, 0.1) is 0 Å². The minimum atomic E-state index is 0.228. The first-order valence-electron chi connectivity index (χ1n) is 16.3. The van der Waals surface area contributed by atoms with Gasteiger partial charge in [0.15, 0.2) is 0 Å². The summed E-state index contributed by atoms with van der Waals surface area (Å²) in [6.07, 6.45) is 30.1. The Bertz CT molecular complexity index is 420. The molecular formula is C31H69N5. The van der Waals surface area contributed by atoms with Crippen molar-refractivity contribution < 1.29 is 0 Å². The van der Waals surface area contributed by atoms with E-state index >= 15 is 0 Å². The average Bonchev–Trinajstić information content (AvgIpc) is 2.89. The molecular weight excluding hydrogens is 442 g/mol. The molecule has 1 unspecified atom stereocenters. The van der Waals surface area contributed by atoms with E-state index in [2.05, 4.69) is 11.8 Å². The van der Waals surface area contributed by atoms with Crippen molar-refractivity contribution in [2.75, 3.05) is 39.3 Å². The van der Waals surface area contributed by atoms with Crippen LogP contribution in [0.3, 0.4) is 0 Å². The summed E-state index contributed by atoms with van der Waals surface area (Å²) < 4.78 is 0. The molecule has 0 spiro atoms. The maximum absolute atomic E-state index is 6.25. The summed E-state index contributed by atoms with van der Waals surface area (Å²) in [5.74, 6) is 0. The molecule has 1 atom stereocenters. The van der Waals surface area contributed by atoms with E-state index in [1.165, 1.54) is 135 Å². The first-order chi connectivity index (χ1) is 17.7. The molecule has 5 nitrogen and oxygen atoms in total. The van der Waals surface area contributed by atoms with Gasteiger partial charge < -0.3 is 22.9 Å². The maximum atomic E-state index is 6.25. The van der Waals surface area contributed by atoms with Gasteiger partial charge >= 0.3 is 0 Å². The smallest absolute Gasteiger partial charge is 0.0222 e. The third-order valence-electron chi connectivity index (χ3n) is 8.14. The molecule has 0 radical (unpaired) electrons. The second kappa shape index (κ2) is 27.8. The fourth-order valence-electron chi connectivity index (χ4n) is 5.85. The van der Waals surface area contributed by atoms with Crippen LogP contribution in [-0.4, -0.2) is 49.7 Å². The van der Waals surface area contributed by atoms with Gasteiger partial charge in [-0.25, -0.2) is 0 Å². The van der Waals surface area contributed by atoms with Crippen LogP contribution < -0.4 is 22.9 Å². The van der Waals surface area contributed by atoms with Gasteiger partial charge in [0.2, 0.25) is 0 Å². The lowest BCUT2D eigenvalue weighted by molar-refractivity contribution is 0.0546. The standard InChI is InChI=1S/C31H69N5/c1-2-3-4-5-6-7-10-13-16-22-31(24-28-35,23-21-27-34)36(30-20-18-26-33)29-19-15-12-9-8-11-14-17-25-32/h2-30,32-35H2,1H3. The average molecular weight is 512 g/mol. The lowest BCUT2D eigenvalue weighted by Gasteiger charge is -2.45. The van der Waals surface area contributed by atoms with Crippen LogP contribution in [0.25, 0.3) is 0 Å². The van der Waals surface area contributed by atoms with E-state index in [1.54, 1.807) is 0 Å². The molecule has 36 heavy (non-hydrogen) atoms. The molecule has 0 saturated carbocycles. The number of nitrogens with two attached hydrogens (primary N) is 4. The van der Waals surface area contributed by atoms with E-state index in [4.69, 9.17) is 22.9 Å². The molecule has 0 bridgehead atoms. The second-order valence-corrected chi connectivity index (χ2v) is 11.3. The third kappa shape index (κ3) is 19.9. The predicted molar refractivity (Wildman–Crippen MR) is 162 cm³/mol. The van der Waals surface area contributed by atoms with Crippen LogP contribution in [0.1, 0.15) is 155 Å². The summed E-state index contributed by atoms with van der Waals surface area (Å²) in [5, 5.41) is 0. The zero-order valence-corrected chi connectivity index (χ0v) is 24.8. The van der Waals surface area contributed by atoms with Crippen molar-refractivity contribution in [2.45, 2.75) is 160 Å². The zero-order chi connectivity index (χ0) is 26.6. The van der Waals surface area contributed by atoms with Crippen molar-refractivity contribution >= 4 is 0 Å². The summed E-state index contributed by atoms with van der Waals surface area (Å²) in [7, 11) is 0. The van der Waals surface area contributed by atoms with Gasteiger partial charge in [0.1, 0.15) is 0 Å². The van der Waals surface area contributed by atoms with Gasteiger partial charge in [-0.1, -0.05) is 103 Å². The minimum Gasteiger partial charge on any atom is -0.330 e. The fourth-order valence-corrected chi connectivity index (χ4v) is 5.85. The summed E-state index contributed by atoms with van der Waals surface area (Å²) in [6, 6.07) is 0. The van der Waals surface area contributed by atoms with E-state index in [0.29, 0.717) is 0 Å². The van der Waals surface area contributed by atoms with Gasteiger partial charge in [0, 0.05) is 5.54 Å².